The molecule has 148 valence electrons. The van der Waals surface area contributed by atoms with Gasteiger partial charge in [0.05, 0.1) is 17.5 Å². The van der Waals surface area contributed by atoms with Gasteiger partial charge in [-0.3, -0.25) is 5.43 Å². The second-order valence-electron chi connectivity index (χ2n) is 6.14. The summed E-state index contributed by atoms with van der Waals surface area (Å²) >= 11 is 0. The number of carboxylic acid groups (broad SMARTS) is 1. The predicted molar refractivity (Wildman–Crippen MR) is 110 cm³/mol. The molecule has 0 radical (unpaired) electrons. The minimum atomic E-state index is -3.98. The van der Waals surface area contributed by atoms with Gasteiger partial charge in [0.15, 0.2) is 5.75 Å². The molecule has 0 aliphatic rings. The summed E-state index contributed by atoms with van der Waals surface area (Å²) in [5.74, 6) is -0.874. The number of aromatic carboxylic acids is 1. The zero-order chi connectivity index (χ0) is 20.9. The van der Waals surface area contributed by atoms with E-state index >= 15 is 0 Å². The maximum atomic E-state index is 12.5. The lowest BCUT2D eigenvalue weighted by atomic mass is 10.2. The van der Waals surface area contributed by atoms with Gasteiger partial charge in [0.2, 0.25) is 0 Å². The second-order valence-corrected chi connectivity index (χ2v) is 7.69. The van der Waals surface area contributed by atoms with Crippen molar-refractivity contribution in [3.8, 4) is 5.75 Å². The van der Waals surface area contributed by atoms with Crippen molar-refractivity contribution in [2.45, 2.75) is 11.8 Å². The summed E-state index contributed by atoms with van der Waals surface area (Å²) < 4.78 is 30.3. The van der Waals surface area contributed by atoms with E-state index in [1.54, 1.807) is 42.5 Å². The van der Waals surface area contributed by atoms with E-state index in [9.17, 15) is 13.2 Å². The van der Waals surface area contributed by atoms with Crippen LogP contribution in [0.15, 0.2) is 82.8 Å². The number of carbonyl (C=O) groups is 1. The maximum Gasteiger partial charge on any atom is 0.339 e. The lowest BCUT2D eigenvalue weighted by Gasteiger charge is -2.09. The average molecular weight is 410 g/mol. The van der Waals surface area contributed by atoms with Gasteiger partial charge in [-0.25, -0.2) is 4.79 Å². The van der Waals surface area contributed by atoms with Crippen LogP contribution in [0.5, 0.6) is 5.75 Å². The number of benzene rings is 3. The van der Waals surface area contributed by atoms with Crippen molar-refractivity contribution >= 4 is 28.0 Å². The van der Waals surface area contributed by atoms with E-state index in [1.807, 2.05) is 6.92 Å². The number of hydrogen-bond acceptors (Lipinski definition) is 6. The fraction of sp³-hybridized carbons (Fsp3) is 0.0476. The molecule has 0 bridgehead atoms. The topological polar surface area (TPSA) is 105 Å². The molecule has 3 aromatic carbocycles. The first-order chi connectivity index (χ1) is 13.8. The number of nitrogens with one attached hydrogen (secondary N) is 1. The highest BCUT2D eigenvalue weighted by atomic mass is 32.2. The number of anilines is 1. The molecule has 0 spiro atoms. The van der Waals surface area contributed by atoms with Gasteiger partial charge in [-0.2, -0.15) is 13.5 Å². The number of para-hydroxylation sites is 1. The van der Waals surface area contributed by atoms with Crippen LogP contribution in [-0.4, -0.2) is 25.7 Å². The number of nitrogens with zero attached hydrogens (tertiary/aromatic N) is 1. The van der Waals surface area contributed by atoms with Gasteiger partial charge >= 0.3 is 16.1 Å². The third-order valence-corrected chi connectivity index (χ3v) is 5.21. The molecule has 0 saturated heterocycles. The first kappa shape index (κ1) is 20.1. The van der Waals surface area contributed by atoms with E-state index < -0.39 is 16.1 Å². The van der Waals surface area contributed by atoms with Gasteiger partial charge in [-0.15, -0.1) is 0 Å². The van der Waals surface area contributed by atoms with Crippen molar-refractivity contribution in [2.75, 3.05) is 5.43 Å². The Balaban J connectivity index is 1.75. The van der Waals surface area contributed by atoms with Crippen LogP contribution in [0, 0.1) is 6.92 Å². The Labute approximate surface area is 168 Å². The van der Waals surface area contributed by atoms with E-state index in [-0.39, 0.29) is 16.2 Å². The van der Waals surface area contributed by atoms with E-state index in [0.29, 0.717) is 11.3 Å². The fourth-order valence-corrected chi connectivity index (χ4v) is 3.35. The Bertz CT molecular complexity index is 1140. The molecule has 3 aromatic rings. The molecule has 0 unspecified atom stereocenters. The molecule has 29 heavy (non-hydrogen) atoms. The summed E-state index contributed by atoms with van der Waals surface area (Å²) in [7, 11) is -3.98. The van der Waals surface area contributed by atoms with Crippen LogP contribution in [-0.2, 0) is 10.1 Å². The van der Waals surface area contributed by atoms with Crippen LogP contribution in [0.4, 0.5) is 5.69 Å². The molecule has 2 N–H and O–H groups in total. The quantitative estimate of drug-likeness (QED) is 0.348. The van der Waals surface area contributed by atoms with Crippen LogP contribution in [0.25, 0.3) is 0 Å². The SMILES string of the molecule is Cc1ccc(S(=O)(=O)Oc2ccccc2/C=N/Nc2ccc(C(=O)O)cc2)cc1. The highest BCUT2D eigenvalue weighted by Crippen LogP contribution is 2.22. The third kappa shape index (κ3) is 5.20. The van der Waals surface area contributed by atoms with Gasteiger partial charge in [-0.05, 0) is 55.5 Å². The normalized spacial score (nSPS) is 11.3. The van der Waals surface area contributed by atoms with Crippen LogP contribution >= 0.6 is 0 Å². The van der Waals surface area contributed by atoms with Crippen molar-refractivity contribution < 1.29 is 22.5 Å². The van der Waals surface area contributed by atoms with Crippen molar-refractivity contribution in [1.82, 2.24) is 0 Å². The fourth-order valence-electron chi connectivity index (χ4n) is 2.40. The summed E-state index contributed by atoms with van der Waals surface area (Å²) in [4.78, 5) is 10.9. The van der Waals surface area contributed by atoms with Crippen molar-refractivity contribution in [3.05, 3.63) is 89.5 Å². The molecule has 3 rings (SSSR count). The van der Waals surface area contributed by atoms with Gasteiger partial charge in [0.1, 0.15) is 4.90 Å². The Morgan fingerprint density at radius 1 is 1.00 bits per heavy atom. The Hall–Kier alpha value is -3.65. The van der Waals surface area contributed by atoms with Crippen LogP contribution in [0.1, 0.15) is 21.5 Å². The molecule has 0 atom stereocenters. The van der Waals surface area contributed by atoms with E-state index in [2.05, 4.69) is 10.5 Å². The molecule has 0 aliphatic carbocycles. The second kappa shape index (κ2) is 8.57. The van der Waals surface area contributed by atoms with Crippen LogP contribution in [0.3, 0.4) is 0 Å². The lowest BCUT2D eigenvalue weighted by molar-refractivity contribution is 0.0697. The Kier molecular flexibility index (Phi) is 5.94. The van der Waals surface area contributed by atoms with Gasteiger partial charge in [0, 0.05) is 5.56 Å². The summed E-state index contributed by atoms with van der Waals surface area (Å²) in [5.41, 5.74) is 4.91. The van der Waals surface area contributed by atoms with E-state index in [4.69, 9.17) is 9.29 Å². The van der Waals surface area contributed by atoms with Crippen molar-refractivity contribution in [1.29, 1.82) is 0 Å². The standard InChI is InChI=1S/C21H18N2O5S/c1-15-6-12-19(13-7-15)29(26,27)28-20-5-3-2-4-17(20)14-22-23-18-10-8-16(9-11-18)21(24)25/h2-14,23H,1H3,(H,24,25)/b22-14+. The lowest BCUT2D eigenvalue weighted by Crippen LogP contribution is -2.11. The summed E-state index contributed by atoms with van der Waals surface area (Å²) in [6.45, 7) is 1.87. The number of aryl methyl sites for hydroxylation is 1. The highest BCUT2D eigenvalue weighted by Gasteiger charge is 2.17. The van der Waals surface area contributed by atoms with Gasteiger partial charge in [-0.1, -0.05) is 29.8 Å². The zero-order valence-electron chi connectivity index (χ0n) is 15.4. The van der Waals surface area contributed by atoms with Crippen LogP contribution < -0.4 is 9.61 Å². The first-order valence-electron chi connectivity index (χ1n) is 8.58. The molecule has 7 nitrogen and oxygen atoms in total. The average Bonchev–Trinajstić information content (AvgIpc) is 2.70. The largest absolute Gasteiger partial charge is 0.478 e. The summed E-state index contributed by atoms with van der Waals surface area (Å²) in [5, 5.41) is 13.0. The van der Waals surface area contributed by atoms with Gasteiger partial charge in [0.25, 0.3) is 0 Å². The highest BCUT2D eigenvalue weighted by molar-refractivity contribution is 7.87. The predicted octanol–water partition coefficient (Wildman–Crippen LogP) is 3.91. The van der Waals surface area contributed by atoms with Crippen molar-refractivity contribution in [2.24, 2.45) is 5.10 Å². The molecule has 0 aromatic heterocycles. The number of rotatable bonds is 7. The molecule has 0 amide bonds. The smallest absolute Gasteiger partial charge is 0.339 e. The zero-order valence-corrected chi connectivity index (χ0v) is 16.3. The summed E-state index contributed by atoms with van der Waals surface area (Å²) in [6.07, 6.45) is 1.42. The molecule has 0 aliphatic heterocycles. The number of carboxylic acids is 1. The maximum absolute atomic E-state index is 12.5. The molecule has 0 heterocycles. The number of hydrogen-bond donors (Lipinski definition) is 2. The Morgan fingerprint density at radius 2 is 1.66 bits per heavy atom. The third-order valence-electron chi connectivity index (χ3n) is 3.96. The minimum absolute atomic E-state index is 0.0616. The summed E-state index contributed by atoms with van der Waals surface area (Å²) in [6, 6.07) is 19.0. The molecular formula is C21H18N2O5S. The Morgan fingerprint density at radius 3 is 2.31 bits per heavy atom. The number of hydrazone groups is 1. The van der Waals surface area contributed by atoms with Crippen LogP contribution in [0.2, 0.25) is 0 Å². The molecular weight excluding hydrogens is 392 g/mol. The molecule has 0 saturated carbocycles. The first-order valence-corrected chi connectivity index (χ1v) is 9.98. The van der Waals surface area contributed by atoms with Gasteiger partial charge < -0.3 is 9.29 Å². The molecule has 8 heteroatoms. The van der Waals surface area contributed by atoms with Crippen molar-refractivity contribution in [3.63, 3.8) is 0 Å². The monoisotopic (exact) mass is 410 g/mol. The van der Waals surface area contributed by atoms with E-state index in [0.717, 1.165) is 5.56 Å². The molecule has 0 fully saturated rings. The van der Waals surface area contributed by atoms with E-state index in [1.165, 1.54) is 36.5 Å². The minimum Gasteiger partial charge on any atom is -0.478 e.